The van der Waals surface area contributed by atoms with Crippen LogP contribution in [-0.2, 0) is 0 Å². The topological polar surface area (TPSA) is 23.5 Å². The molecule has 0 amide bonds. The summed E-state index contributed by atoms with van der Waals surface area (Å²) < 4.78 is 13.7. The van der Waals surface area contributed by atoms with Crippen molar-refractivity contribution in [2.75, 3.05) is 30.5 Å². The molecule has 2 nitrogen and oxygen atoms in total. The zero-order chi connectivity index (χ0) is 12.1. The van der Waals surface area contributed by atoms with Crippen LogP contribution >= 0.6 is 11.8 Å². The fourth-order valence-corrected chi connectivity index (χ4v) is 1.90. The fraction of sp³-hybridized carbons (Fsp3) is 0.500. The van der Waals surface area contributed by atoms with E-state index in [4.69, 9.17) is 0 Å². The molecule has 0 saturated heterocycles. The molecule has 4 heteroatoms. The average Bonchev–Trinajstić information content (AvgIpc) is 2.25. The van der Waals surface area contributed by atoms with Crippen LogP contribution in [0.2, 0.25) is 0 Å². The van der Waals surface area contributed by atoms with Gasteiger partial charge in [-0.3, -0.25) is 0 Å². The van der Waals surface area contributed by atoms with E-state index in [0.717, 1.165) is 12.3 Å². The molecule has 0 heterocycles. The summed E-state index contributed by atoms with van der Waals surface area (Å²) in [7, 11) is 1.87. The lowest BCUT2D eigenvalue weighted by Crippen LogP contribution is -2.21. The molecule has 0 aliphatic heterocycles. The van der Waals surface area contributed by atoms with Crippen molar-refractivity contribution in [1.29, 1.82) is 0 Å². The molecule has 0 aromatic heterocycles. The first-order valence-electron chi connectivity index (χ1n) is 5.24. The predicted molar refractivity (Wildman–Crippen MR) is 68.7 cm³/mol. The summed E-state index contributed by atoms with van der Waals surface area (Å²) in [4.78, 5) is 1.89. The summed E-state index contributed by atoms with van der Waals surface area (Å²) in [5, 5.41) is 9.34. The molecule has 1 rings (SSSR count). The van der Waals surface area contributed by atoms with E-state index in [1.807, 2.05) is 18.2 Å². The first kappa shape index (κ1) is 13.3. The lowest BCUT2D eigenvalue weighted by atomic mass is 10.1. The van der Waals surface area contributed by atoms with Gasteiger partial charge in [0.1, 0.15) is 5.82 Å². The van der Waals surface area contributed by atoms with Gasteiger partial charge in [-0.05, 0) is 30.9 Å². The zero-order valence-electron chi connectivity index (χ0n) is 9.90. The largest absolute Gasteiger partial charge is 0.389 e. The van der Waals surface area contributed by atoms with E-state index in [1.54, 1.807) is 30.8 Å². The van der Waals surface area contributed by atoms with Crippen LogP contribution in [0.5, 0.6) is 0 Å². The Bertz CT molecular complexity index is 344. The van der Waals surface area contributed by atoms with Gasteiger partial charge in [-0.1, -0.05) is 6.07 Å². The van der Waals surface area contributed by atoms with Crippen LogP contribution in [0.4, 0.5) is 10.1 Å². The maximum absolute atomic E-state index is 13.7. The van der Waals surface area contributed by atoms with E-state index < -0.39 is 6.10 Å². The number of aliphatic hydroxyl groups is 1. The second-order valence-electron chi connectivity index (χ2n) is 3.80. The molecule has 0 aliphatic carbocycles. The van der Waals surface area contributed by atoms with E-state index in [-0.39, 0.29) is 5.82 Å². The van der Waals surface area contributed by atoms with Crippen molar-refractivity contribution in [3.05, 3.63) is 29.6 Å². The molecule has 16 heavy (non-hydrogen) atoms. The number of benzene rings is 1. The van der Waals surface area contributed by atoms with Crippen LogP contribution < -0.4 is 4.90 Å². The molecule has 1 atom stereocenters. The minimum atomic E-state index is -0.625. The summed E-state index contributed by atoms with van der Waals surface area (Å²) in [6, 6.07) is 4.88. The third kappa shape index (κ3) is 3.39. The Morgan fingerprint density at radius 2 is 2.19 bits per heavy atom. The maximum atomic E-state index is 13.7. The number of nitrogens with zero attached hydrogens (tertiary/aromatic N) is 1. The van der Waals surface area contributed by atoms with Crippen molar-refractivity contribution in [1.82, 2.24) is 0 Å². The van der Waals surface area contributed by atoms with E-state index in [2.05, 4.69) is 0 Å². The number of hydrogen-bond acceptors (Lipinski definition) is 3. The van der Waals surface area contributed by atoms with E-state index in [9.17, 15) is 9.50 Å². The Kier molecular flexibility index (Phi) is 5.09. The molecule has 1 aromatic carbocycles. The van der Waals surface area contributed by atoms with Crippen molar-refractivity contribution in [2.45, 2.75) is 13.0 Å². The number of halogens is 1. The van der Waals surface area contributed by atoms with Crippen molar-refractivity contribution >= 4 is 17.4 Å². The van der Waals surface area contributed by atoms with Gasteiger partial charge in [0.25, 0.3) is 0 Å². The van der Waals surface area contributed by atoms with Crippen LogP contribution in [0, 0.1) is 5.82 Å². The Hall–Kier alpha value is -0.740. The normalized spacial score (nSPS) is 12.6. The van der Waals surface area contributed by atoms with E-state index in [1.165, 1.54) is 6.07 Å². The van der Waals surface area contributed by atoms with Crippen LogP contribution in [0.25, 0.3) is 0 Å². The molecule has 0 spiro atoms. The summed E-state index contributed by atoms with van der Waals surface area (Å²) >= 11 is 1.73. The van der Waals surface area contributed by atoms with Gasteiger partial charge >= 0.3 is 0 Å². The number of anilines is 1. The Morgan fingerprint density at radius 3 is 2.69 bits per heavy atom. The second kappa shape index (κ2) is 6.11. The molecular weight excluding hydrogens is 225 g/mol. The Morgan fingerprint density at radius 1 is 1.50 bits per heavy atom. The summed E-state index contributed by atoms with van der Waals surface area (Å²) in [5.41, 5.74) is 1.19. The van der Waals surface area contributed by atoms with Gasteiger partial charge in [0.15, 0.2) is 0 Å². The molecule has 90 valence electrons. The molecule has 1 N–H and O–H groups in total. The van der Waals surface area contributed by atoms with Gasteiger partial charge in [-0.25, -0.2) is 4.39 Å². The number of thioether (sulfide) groups is 1. The second-order valence-corrected chi connectivity index (χ2v) is 4.79. The van der Waals surface area contributed by atoms with Crippen LogP contribution in [0.15, 0.2) is 18.2 Å². The van der Waals surface area contributed by atoms with Gasteiger partial charge in [-0.15, -0.1) is 0 Å². The molecule has 0 radical (unpaired) electrons. The fourth-order valence-electron chi connectivity index (χ4n) is 1.44. The Balaban J connectivity index is 2.81. The highest BCUT2D eigenvalue weighted by atomic mass is 32.2. The lowest BCUT2D eigenvalue weighted by Gasteiger charge is -2.20. The quantitative estimate of drug-likeness (QED) is 0.860. The minimum Gasteiger partial charge on any atom is -0.389 e. The number of aliphatic hydroxyl groups excluding tert-OH is 1. The zero-order valence-corrected chi connectivity index (χ0v) is 10.7. The lowest BCUT2D eigenvalue weighted by molar-refractivity contribution is 0.199. The highest BCUT2D eigenvalue weighted by Crippen LogP contribution is 2.22. The average molecular weight is 243 g/mol. The van der Waals surface area contributed by atoms with E-state index in [0.29, 0.717) is 11.3 Å². The number of hydrogen-bond donors (Lipinski definition) is 1. The minimum absolute atomic E-state index is 0.276. The highest BCUT2D eigenvalue weighted by molar-refractivity contribution is 7.98. The standard InChI is InChI=1S/C12H18FNOS/c1-9(15)10-4-5-12(11(13)8-10)14(2)6-7-16-3/h4-5,8-9,15H,6-7H2,1-3H3/t9-/m0/s1. The summed E-state index contributed by atoms with van der Waals surface area (Å²) in [5.74, 6) is 0.690. The third-order valence-electron chi connectivity index (χ3n) is 2.50. The van der Waals surface area contributed by atoms with Crippen molar-refractivity contribution < 1.29 is 9.50 Å². The molecule has 0 unspecified atom stereocenters. The molecular formula is C12H18FNOS. The third-order valence-corrected chi connectivity index (χ3v) is 3.09. The summed E-state index contributed by atoms with van der Waals surface area (Å²) in [6.07, 6.45) is 1.40. The van der Waals surface area contributed by atoms with Gasteiger partial charge in [0.05, 0.1) is 11.8 Å². The highest BCUT2D eigenvalue weighted by Gasteiger charge is 2.09. The van der Waals surface area contributed by atoms with Gasteiger partial charge in [0.2, 0.25) is 0 Å². The first-order valence-corrected chi connectivity index (χ1v) is 6.63. The first-order chi connectivity index (χ1) is 7.56. The molecule has 0 saturated carbocycles. The van der Waals surface area contributed by atoms with Gasteiger partial charge < -0.3 is 10.0 Å². The van der Waals surface area contributed by atoms with Crippen LogP contribution in [0.3, 0.4) is 0 Å². The van der Waals surface area contributed by atoms with Crippen molar-refractivity contribution in [3.8, 4) is 0 Å². The van der Waals surface area contributed by atoms with E-state index >= 15 is 0 Å². The smallest absolute Gasteiger partial charge is 0.146 e. The molecule has 0 bridgehead atoms. The maximum Gasteiger partial charge on any atom is 0.146 e. The molecule has 0 aliphatic rings. The predicted octanol–water partition coefficient (Wildman–Crippen LogP) is 2.68. The summed E-state index contributed by atoms with van der Waals surface area (Å²) in [6.45, 7) is 2.44. The SMILES string of the molecule is CSCCN(C)c1ccc([C@H](C)O)cc1F. The van der Waals surface area contributed by atoms with Crippen molar-refractivity contribution in [2.24, 2.45) is 0 Å². The van der Waals surface area contributed by atoms with Crippen LogP contribution in [-0.4, -0.2) is 30.7 Å². The molecule has 1 aromatic rings. The number of rotatable bonds is 5. The van der Waals surface area contributed by atoms with Gasteiger partial charge in [-0.2, -0.15) is 11.8 Å². The molecule has 0 fully saturated rings. The van der Waals surface area contributed by atoms with Crippen LogP contribution in [0.1, 0.15) is 18.6 Å². The van der Waals surface area contributed by atoms with Crippen molar-refractivity contribution in [3.63, 3.8) is 0 Å². The monoisotopic (exact) mass is 243 g/mol. The van der Waals surface area contributed by atoms with Gasteiger partial charge in [0, 0.05) is 19.3 Å². The Labute approximate surface area is 100 Å².